The summed E-state index contributed by atoms with van der Waals surface area (Å²) < 4.78 is 4.61. The van der Waals surface area contributed by atoms with Crippen molar-refractivity contribution in [2.75, 3.05) is 18.7 Å². The standard InChI is InChI=1S/C15H18N4O3S2/c1-8-10(9(2)18-15(17-8)23-4)5-6-12(20)19-14-16-7-11(24-14)13(21)22-3/h7H,5-6H2,1-4H3,(H,16,19,20). The molecule has 0 saturated carbocycles. The first-order valence-corrected chi connectivity index (χ1v) is 9.20. The number of aromatic nitrogens is 3. The van der Waals surface area contributed by atoms with Gasteiger partial charge in [0.05, 0.1) is 13.3 Å². The van der Waals surface area contributed by atoms with Crippen molar-refractivity contribution >= 4 is 40.1 Å². The van der Waals surface area contributed by atoms with Crippen LogP contribution in [0.15, 0.2) is 11.4 Å². The van der Waals surface area contributed by atoms with Crippen LogP contribution in [-0.2, 0) is 16.0 Å². The lowest BCUT2D eigenvalue weighted by Gasteiger charge is -2.09. The Hall–Kier alpha value is -2.00. The van der Waals surface area contributed by atoms with Crippen LogP contribution < -0.4 is 5.32 Å². The van der Waals surface area contributed by atoms with Gasteiger partial charge in [-0.1, -0.05) is 23.1 Å². The summed E-state index contributed by atoms with van der Waals surface area (Å²) in [4.78, 5) is 36.6. The van der Waals surface area contributed by atoms with Crippen molar-refractivity contribution < 1.29 is 14.3 Å². The fourth-order valence-corrected chi connectivity index (χ4v) is 3.32. The summed E-state index contributed by atoms with van der Waals surface area (Å²) in [5.74, 6) is -0.640. The topological polar surface area (TPSA) is 94.1 Å². The summed E-state index contributed by atoms with van der Waals surface area (Å²) in [5, 5.41) is 3.80. The van der Waals surface area contributed by atoms with E-state index < -0.39 is 5.97 Å². The third-order valence-electron chi connectivity index (χ3n) is 3.32. The summed E-state index contributed by atoms with van der Waals surface area (Å²) >= 11 is 2.57. The second kappa shape index (κ2) is 8.20. The molecule has 1 amide bonds. The molecule has 128 valence electrons. The number of rotatable bonds is 6. The van der Waals surface area contributed by atoms with E-state index in [-0.39, 0.29) is 12.3 Å². The fourth-order valence-electron chi connectivity index (χ4n) is 2.11. The second-order valence-electron chi connectivity index (χ2n) is 4.93. The lowest BCUT2D eigenvalue weighted by Crippen LogP contribution is -2.13. The van der Waals surface area contributed by atoms with Gasteiger partial charge in [-0.15, -0.1) is 0 Å². The maximum Gasteiger partial charge on any atom is 0.349 e. The Morgan fingerprint density at radius 1 is 1.29 bits per heavy atom. The summed E-state index contributed by atoms with van der Waals surface area (Å²) in [6.07, 6.45) is 4.15. The van der Waals surface area contributed by atoms with E-state index in [9.17, 15) is 9.59 Å². The van der Waals surface area contributed by atoms with E-state index in [0.717, 1.165) is 33.4 Å². The monoisotopic (exact) mass is 366 g/mol. The number of thiazole rings is 1. The normalized spacial score (nSPS) is 10.5. The molecule has 2 aromatic rings. The predicted octanol–water partition coefficient (Wildman–Crippen LogP) is 2.63. The number of ether oxygens (including phenoxy) is 1. The van der Waals surface area contributed by atoms with Gasteiger partial charge in [-0.25, -0.2) is 19.7 Å². The molecule has 9 heteroatoms. The first kappa shape index (κ1) is 18.3. The highest BCUT2D eigenvalue weighted by atomic mass is 32.2. The highest BCUT2D eigenvalue weighted by Gasteiger charge is 2.14. The molecule has 0 atom stereocenters. The van der Waals surface area contributed by atoms with Gasteiger partial charge in [-0.2, -0.15) is 0 Å². The molecule has 0 radical (unpaired) electrons. The maximum absolute atomic E-state index is 12.1. The Morgan fingerprint density at radius 2 is 1.96 bits per heavy atom. The van der Waals surface area contributed by atoms with E-state index in [0.29, 0.717) is 16.4 Å². The average molecular weight is 366 g/mol. The zero-order valence-electron chi connectivity index (χ0n) is 13.9. The van der Waals surface area contributed by atoms with E-state index in [1.165, 1.54) is 25.1 Å². The van der Waals surface area contributed by atoms with Gasteiger partial charge < -0.3 is 10.1 Å². The van der Waals surface area contributed by atoms with E-state index in [1.807, 2.05) is 20.1 Å². The molecular weight excluding hydrogens is 348 g/mol. The molecule has 0 saturated heterocycles. The minimum absolute atomic E-state index is 0.173. The number of carbonyl (C=O) groups excluding carboxylic acids is 2. The number of esters is 1. The largest absolute Gasteiger partial charge is 0.465 e. The van der Waals surface area contributed by atoms with Crippen molar-refractivity contribution in [3.8, 4) is 0 Å². The molecule has 1 N–H and O–H groups in total. The molecule has 0 unspecified atom stereocenters. The van der Waals surface area contributed by atoms with Crippen LogP contribution in [0.2, 0.25) is 0 Å². The van der Waals surface area contributed by atoms with E-state index >= 15 is 0 Å². The van der Waals surface area contributed by atoms with Crippen molar-refractivity contribution in [1.82, 2.24) is 15.0 Å². The number of amides is 1. The number of nitrogens with zero attached hydrogens (tertiary/aromatic N) is 3. The molecule has 24 heavy (non-hydrogen) atoms. The summed E-state index contributed by atoms with van der Waals surface area (Å²) in [5.41, 5.74) is 2.76. The zero-order valence-corrected chi connectivity index (χ0v) is 15.5. The van der Waals surface area contributed by atoms with E-state index in [2.05, 4.69) is 25.0 Å². The Labute approximate surface area is 148 Å². The van der Waals surface area contributed by atoms with Crippen LogP contribution in [0.5, 0.6) is 0 Å². The highest BCUT2D eigenvalue weighted by Crippen LogP contribution is 2.20. The number of hydrogen-bond donors (Lipinski definition) is 1. The van der Waals surface area contributed by atoms with Crippen LogP contribution in [0.25, 0.3) is 0 Å². The molecule has 2 aromatic heterocycles. The van der Waals surface area contributed by atoms with Gasteiger partial charge in [0.25, 0.3) is 0 Å². The predicted molar refractivity (Wildman–Crippen MR) is 93.7 cm³/mol. The number of anilines is 1. The number of hydrogen-bond acceptors (Lipinski definition) is 8. The number of aryl methyl sites for hydroxylation is 2. The number of thioether (sulfide) groups is 1. The molecule has 2 rings (SSSR count). The first-order valence-electron chi connectivity index (χ1n) is 7.16. The molecule has 2 heterocycles. The molecule has 0 aliphatic carbocycles. The number of nitrogens with one attached hydrogen (secondary N) is 1. The summed E-state index contributed by atoms with van der Waals surface area (Å²) in [6, 6.07) is 0. The van der Waals surface area contributed by atoms with E-state index in [1.54, 1.807) is 0 Å². The second-order valence-corrected chi connectivity index (χ2v) is 6.73. The van der Waals surface area contributed by atoms with Crippen molar-refractivity contribution in [1.29, 1.82) is 0 Å². The first-order chi connectivity index (χ1) is 11.4. The van der Waals surface area contributed by atoms with Gasteiger partial charge in [-0.3, -0.25) is 4.79 Å². The van der Waals surface area contributed by atoms with Crippen molar-refractivity contribution in [3.05, 3.63) is 28.0 Å². The fraction of sp³-hybridized carbons (Fsp3) is 0.400. The smallest absolute Gasteiger partial charge is 0.349 e. The minimum Gasteiger partial charge on any atom is -0.465 e. The molecule has 0 bridgehead atoms. The Balaban J connectivity index is 1.96. The van der Waals surface area contributed by atoms with E-state index in [4.69, 9.17) is 0 Å². The van der Waals surface area contributed by atoms with Crippen LogP contribution in [0, 0.1) is 13.8 Å². The molecule has 0 aliphatic rings. The molecule has 0 fully saturated rings. The Morgan fingerprint density at radius 3 is 2.54 bits per heavy atom. The average Bonchev–Trinajstić information content (AvgIpc) is 3.01. The van der Waals surface area contributed by atoms with Gasteiger partial charge in [-0.05, 0) is 32.1 Å². The lowest BCUT2D eigenvalue weighted by atomic mass is 10.1. The van der Waals surface area contributed by atoms with Crippen LogP contribution in [0.4, 0.5) is 5.13 Å². The van der Waals surface area contributed by atoms with Crippen LogP contribution in [0.3, 0.4) is 0 Å². The maximum atomic E-state index is 12.1. The third-order valence-corrected chi connectivity index (χ3v) is 4.76. The minimum atomic E-state index is -0.467. The summed E-state index contributed by atoms with van der Waals surface area (Å²) in [6.45, 7) is 3.84. The quantitative estimate of drug-likeness (QED) is 0.477. The number of carbonyl (C=O) groups is 2. The Kier molecular flexibility index (Phi) is 6.27. The highest BCUT2D eigenvalue weighted by molar-refractivity contribution is 7.98. The third kappa shape index (κ3) is 4.51. The molecular formula is C15H18N4O3S2. The SMILES string of the molecule is COC(=O)c1cnc(NC(=O)CCc2c(C)nc(SC)nc2C)s1. The van der Waals surface area contributed by atoms with Crippen LogP contribution in [0.1, 0.15) is 33.0 Å². The molecule has 0 spiro atoms. The number of methoxy groups -OCH3 is 1. The zero-order chi connectivity index (χ0) is 17.7. The summed E-state index contributed by atoms with van der Waals surface area (Å²) in [7, 11) is 1.30. The van der Waals surface area contributed by atoms with Gasteiger partial charge in [0.1, 0.15) is 4.88 Å². The molecule has 0 aliphatic heterocycles. The van der Waals surface area contributed by atoms with Gasteiger partial charge in [0.15, 0.2) is 10.3 Å². The van der Waals surface area contributed by atoms with Crippen molar-refractivity contribution in [2.24, 2.45) is 0 Å². The van der Waals surface area contributed by atoms with Gasteiger partial charge in [0.2, 0.25) is 5.91 Å². The van der Waals surface area contributed by atoms with Gasteiger partial charge >= 0.3 is 5.97 Å². The van der Waals surface area contributed by atoms with Crippen LogP contribution in [-0.4, -0.2) is 40.2 Å². The molecule has 7 nitrogen and oxygen atoms in total. The van der Waals surface area contributed by atoms with Crippen LogP contribution >= 0.6 is 23.1 Å². The van der Waals surface area contributed by atoms with Crippen molar-refractivity contribution in [2.45, 2.75) is 31.8 Å². The van der Waals surface area contributed by atoms with Crippen molar-refractivity contribution in [3.63, 3.8) is 0 Å². The lowest BCUT2D eigenvalue weighted by molar-refractivity contribution is -0.116. The Bertz CT molecular complexity index is 738. The van der Waals surface area contributed by atoms with Gasteiger partial charge in [0, 0.05) is 17.8 Å². The molecule has 0 aromatic carbocycles.